The zero-order chi connectivity index (χ0) is 10.5. The van der Waals surface area contributed by atoms with Gasteiger partial charge in [-0.3, -0.25) is 0 Å². The number of methoxy groups -OCH3 is 1. The van der Waals surface area contributed by atoms with Crippen LogP contribution in [-0.2, 0) is 4.74 Å². The topological polar surface area (TPSA) is 49.2 Å². The molecule has 0 fully saturated rings. The van der Waals surface area contributed by atoms with Crippen LogP contribution in [-0.4, -0.2) is 28.9 Å². The van der Waals surface area contributed by atoms with Crippen LogP contribution < -0.4 is 4.74 Å². The molecule has 0 spiro atoms. The Labute approximate surface area is 87.2 Å². The number of ether oxygens (including phenoxy) is 2. The quantitative estimate of drug-likeness (QED) is 0.705. The highest BCUT2D eigenvalue weighted by Gasteiger charge is 1.99. The van der Waals surface area contributed by atoms with Gasteiger partial charge in [0.05, 0.1) is 18.1 Å². The highest BCUT2D eigenvalue weighted by molar-refractivity contribution is 5.37. The summed E-state index contributed by atoms with van der Waals surface area (Å²) in [6.45, 7) is 0.232. The lowest BCUT2D eigenvalue weighted by molar-refractivity contribution is 0.0511. The normalized spacial score (nSPS) is 10.2. The molecule has 15 heavy (non-hydrogen) atoms. The third kappa shape index (κ3) is 2.32. The van der Waals surface area contributed by atoms with E-state index in [4.69, 9.17) is 9.47 Å². The molecule has 5 heteroatoms. The zero-order valence-electron chi connectivity index (χ0n) is 8.33. The van der Waals surface area contributed by atoms with E-state index in [-0.39, 0.29) is 6.79 Å². The van der Waals surface area contributed by atoms with Gasteiger partial charge in [0.1, 0.15) is 5.75 Å². The molecule has 1 aromatic carbocycles. The average Bonchev–Trinajstić information content (AvgIpc) is 2.80. The third-order valence-electron chi connectivity index (χ3n) is 1.81. The van der Waals surface area contributed by atoms with Gasteiger partial charge in [0.2, 0.25) is 0 Å². The van der Waals surface area contributed by atoms with E-state index in [1.807, 2.05) is 24.3 Å². The van der Waals surface area contributed by atoms with E-state index in [0.717, 1.165) is 11.4 Å². The molecule has 5 nitrogen and oxygen atoms in total. The van der Waals surface area contributed by atoms with Gasteiger partial charge in [0, 0.05) is 13.2 Å². The molecular weight excluding hydrogens is 194 g/mol. The van der Waals surface area contributed by atoms with E-state index >= 15 is 0 Å². The van der Waals surface area contributed by atoms with Crippen LogP contribution in [0, 0.1) is 0 Å². The second kappa shape index (κ2) is 4.56. The van der Waals surface area contributed by atoms with E-state index in [2.05, 4.69) is 10.2 Å². The molecule has 1 heterocycles. The first-order valence-electron chi connectivity index (χ1n) is 4.48. The van der Waals surface area contributed by atoms with Gasteiger partial charge in [0.15, 0.2) is 6.79 Å². The van der Waals surface area contributed by atoms with Crippen molar-refractivity contribution in [1.29, 1.82) is 0 Å². The summed E-state index contributed by atoms with van der Waals surface area (Å²) in [7, 11) is 1.58. The Morgan fingerprint density at radius 1 is 1.27 bits per heavy atom. The fourth-order valence-corrected chi connectivity index (χ4v) is 1.17. The molecule has 0 bridgehead atoms. The summed E-state index contributed by atoms with van der Waals surface area (Å²) < 4.78 is 10.1. The van der Waals surface area contributed by atoms with Crippen LogP contribution in [0.25, 0.3) is 5.69 Å². The molecule has 2 aromatic rings. The molecule has 2 rings (SSSR count). The number of benzene rings is 1. The van der Waals surface area contributed by atoms with E-state index in [9.17, 15) is 0 Å². The van der Waals surface area contributed by atoms with Crippen molar-refractivity contribution < 1.29 is 9.47 Å². The van der Waals surface area contributed by atoms with Crippen LogP contribution >= 0.6 is 0 Å². The first-order chi connectivity index (χ1) is 7.40. The molecule has 0 N–H and O–H groups in total. The van der Waals surface area contributed by atoms with Crippen LogP contribution in [0.5, 0.6) is 5.75 Å². The molecule has 0 saturated carbocycles. The van der Waals surface area contributed by atoms with Gasteiger partial charge in [-0.2, -0.15) is 15.0 Å². The Morgan fingerprint density at radius 3 is 2.80 bits per heavy atom. The minimum atomic E-state index is 0.232. The second-order valence-corrected chi connectivity index (χ2v) is 2.87. The SMILES string of the molecule is COCOc1cccc(-n2nccn2)c1. The predicted octanol–water partition coefficient (Wildman–Crippen LogP) is 1.25. The highest BCUT2D eigenvalue weighted by atomic mass is 16.7. The van der Waals surface area contributed by atoms with E-state index < -0.39 is 0 Å². The van der Waals surface area contributed by atoms with Crippen LogP contribution in [0.3, 0.4) is 0 Å². The molecule has 78 valence electrons. The monoisotopic (exact) mass is 205 g/mol. The molecule has 0 aliphatic carbocycles. The van der Waals surface area contributed by atoms with Crippen molar-refractivity contribution in [2.45, 2.75) is 0 Å². The maximum atomic E-state index is 5.30. The number of nitrogens with zero attached hydrogens (tertiary/aromatic N) is 3. The maximum absolute atomic E-state index is 5.30. The summed E-state index contributed by atoms with van der Waals surface area (Å²) in [6.07, 6.45) is 3.26. The van der Waals surface area contributed by atoms with Crippen LogP contribution in [0.15, 0.2) is 36.7 Å². The molecule has 0 radical (unpaired) electrons. The van der Waals surface area contributed by atoms with Crippen LogP contribution in [0.4, 0.5) is 0 Å². The summed E-state index contributed by atoms with van der Waals surface area (Å²) in [4.78, 5) is 1.53. The lowest BCUT2D eigenvalue weighted by Gasteiger charge is -2.05. The zero-order valence-corrected chi connectivity index (χ0v) is 8.33. The van der Waals surface area contributed by atoms with Crippen molar-refractivity contribution in [3.8, 4) is 11.4 Å². The van der Waals surface area contributed by atoms with Crippen molar-refractivity contribution in [2.24, 2.45) is 0 Å². The van der Waals surface area contributed by atoms with Gasteiger partial charge in [0.25, 0.3) is 0 Å². The Kier molecular flexibility index (Phi) is 2.94. The van der Waals surface area contributed by atoms with E-state index in [0.29, 0.717) is 0 Å². The standard InChI is InChI=1S/C10H11N3O2/c1-14-8-15-10-4-2-3-9(7-10)13-11-5-6-12-13/h2-7H,8H2,1H3. The highest BCUT2D eigenvalue weighted by Crippen LogP contribution is 2.15. The smallest absolute Gasteiger partial charge is 0.188 e. The maximum Gasteiger partial charge on any atom is 0.188 e. The van der Waals surface area contributed by atoms with Crippen LogP contribution in [0.2, 0.25) is 0 Å². The Hall–Kier alpha value is -1.88. The molecule has 0 atom stereocenters. The summed E-state index contributed by atoms with van der Waals surface area (Å²) in [5.74, 6) is 0.728. The largest absolute Gasteiger partial charge is 0.467 e. The first-order valence-corrected chi connectivity index (χ1v) is 4.48. The van der Waals surface area contributed by atoms with Crippen molar-refractivity contribution in [2.75, 3.05) is 13.9 Å². The lowest BCUT2D eigenvalue weighted by atomic mass is 10.3. The van der Waals surface area contributed by atoms with E-state index in [1.165, 1.54) is 4.80 Å². The van der Waals surface area contributed by atoms with Gasteiger partial charge >= 0.3 is 0 Å². The Bertz CT molecular complexity index is 414. The number of rotatable bonds is 4. The fraction of sp³-hybridized carbons (Fsp3) is 0.200. The number of hydrogen-bond acceptors (Lipinski definition) is 4. The summed E-state index contributed by atoms with van der Waals surface area (Å²) in [6, 6.07) is 7.48. The van der Waals surface area contributed by atoms with Crippen molar-refractivity contribution in [3.63, 3.8) is 0 Å². The summed E-state index contributed by atoms with van der Waals surface area (Å²) in [5, 5.41) is 8.05. The van der Waals surface area contributed by atoms with Crippen molar-refractivity contribution in [1.82, 2.24) is 15.0 Å². The summed E-state index contributed by atoms with van der Waals surface area (Å²) in [5.41, 5.74) is 0.855. The molecule has 1 aromatic heterocycles. The van der Waals surface area contributed by atoms with Gasteiger partial charge in [-0.15, -0.1) is 0 Å². The Morgan fingerprint density at radius 2 is 2.07 bits per heavy atom. The number of hydrogen-bond donors (Lipinski definition) is 0. The molecular formula is C10H11N3O2. The second-order valence-electron chi connectivity index (χ2n) is 2.87. The molecule has 0 aliphatic rings. The lowest BCUT2D eigenvalue weighted by Crippen LogP contribution is -2.01. The number of aromatic nitrogens is 3. The predicted molar refractivity (Wildman–Crippen MR) is 53.9 cm³/mol. The first kappa shape index (κ1) is 9.67. The van der Waals surface area contributed by atoms with E-state index in [1.54, 1.807) is 19.5 Å². The minimum absolute atomic E-state index is 0.232. The van der Waals surface area contributed by atoms with Gasteiger partial charge < -0.3 is 9.47 Å². The molecule has 0 amide bonds. The Balaban J connectivity index is 2.19. The third-order valence-corrected chi connectivity index (χ3v) is 1.81. The van der Waals surface area contributed by atoms with Gasteiger partial charge in [-0.05, 0) is 12.1 Å². The van der Waals surface area contributed by atoms with Crippen molar-refractivity contribution in [3.05, 3.63) is 36.7 Å². The fourth-order valence-electron chi connectivity index (χ4n) is 1.17. The molecule has 0 saturated heterocycles. The van der Waals surface area contributed by atoms with Crippen LogP contribution in [0.1, 0.15) is 0 Å². The van der Waals surface area contributed by atoms with Gasteiger partial charge in [-0.25, -0.2) is 0 Å². The molecule has 0 unspecified atom stereocenters. The molecule has 0 aliphatic heterocycles. The van der Waals surface area contributed by atoms with Gasteiger partial charge in [-0.1, -0.05) is 6.07 Å². The summed E-state index contributed by atoms with van der Waals surface area (Å²) >= 11 is 0. The minimum Gasteiger partial charge on any atom is -0.467 e. The average molecular weight is 205 g/mol. The van der Waals surface area contributed by atoms with Crippen molar-refractivity contribution >= 4 is 0 Å².